The van der Waals surface area contributed by atoms with E-state index in [1.807, 2.05) is 0 Å². The molecule has 166 valence electrons. The fraction of sp³-hybridized carbons (Fsp3) is 0.556. The molecule has 2 atom stereocenters. The van der Waals surface area contributed by atoms with Crippen molar-refractivity contribution in [3.05, 3.63) is 39.4 Å². The van der Waals surface area contributed by atoms with Gasteiger partial charge in [-0.3, -0.25) is 14.9 Å². The predicted molar refractivity (Wildman–Crippen MR) is 107 cm³/mol. The highest BCUT2D eigenvalue weighted by atomic mass is 32.2. The highest BCUT2D eigenvalue weighted by Crippen LogP contribution is 2.19. The minimum absolute atomic E-state index is 0.0691. The largest absolute Gasteiger partial charge is 0.462 e. The third-order valence-corrected chi connectivity index (χ3v) is 6.13. The molecule has 11 nitrogen and oxygen atoms in total. The van der Waals surface area contributed by atoms with Crippen molar-refractivity contribution in [2.75, 3.05) is 32.0 Å². The average Bonchev–Trinajstić information content (AvgIpc) is 2.66. The van der Waals surface area contributed by atoms with Crippen LogP contribution < -0.4 is 5.32 Å². The smallest absolute Gasteiger partial charge is 0.338 e. The number of amides is 1. The van der Waals surface area contributed by atoms with E-state index in [0.717, 1.165) is 12.1 Å². The zero-order valence-corrected chi connectivity index (χ0v) is 17.8. The molecule has 0 saturated carbocycles. The number of hydrogen-bond acceptors (Lipinski definition) is 8. The van der Waals surface area contributed by atoms with Gasteiger partial charge in [-0.25, -0.2) is 13.2 Å². The van der Waals surface area contributed by atoms with Crippen molar-refractivity contribution >= 4 is 27.6 Å². The first kappa shape index (κ1) is 23.7. The second-order valence-electron chi connectivity index (χ2n) is 6.89. The Hall–Kier alpha value is -2.57. The van der Waals surface area contributed by atoms with Crippen molar-refractivity contribution in [2.24, 2.45) is 0 Å². The minimum atomic E-state index is -3.62. The number of carbonyl (C=O) groups excluding carboxylic acids is 2. The molecule has 0 aromatic heterocycles. The third-order valence-electron chi connectivity index (χ3n) is 4.33. The first-order valence-corrected chi connectivity index (χ1v) is 11.0. The lowest BCUT2D eigenvalue weighted by atomic mass is 10.1. The summed E-state index contributed by atoms with van der Waals surface area (Å²) in [5.41, 5.74) is -0.729. The Balaban J connectivity index is 2.06. The van der Waals surface area contributed by atoms with Gasteiger partial charge in [0.25, 0.3) is 11.6 Å². The van der Waals surface area contributed by atoms with Gasteiger partial charge >= 0.3 is 5.97 Å². The number of ether oxygens (including phenoxy) is 2. The fourth-order valence-electron chi connectivity index (χ4n) is 3.06. The van der Waals surface area contributed by atoms with E-state index in [9.17, 15) is 28.1 Å². The van der Waals surface area contributed by atoms with E-state index in [2.05, 4.69) is 5.32 Å². The van der Waals surface area contributed by atoms with Gasteiger partial charge < -0.3 is 14.8 Å². The van der Waals surface area contributed by atoms with Crippen LogP contribution in [0.1, 0.15) is 41.5 Å². The summed E-state index contributed by atoms with van der Waals surface area (Å²) in [6.07, 6.45) is -0.464. The van der Waals surface area contributed by atoms with Crippen molar-refractivity contribution in [1.82, 2.24) is 9.62 Å². The maximum atomic E-state index is 12.5. The van der Waals surface area contributed by atoms with Gasteiger partial charge in [0.15, 0.2) is 0 Å². The summed E-state index contributed by atoms with van der Waals surface area (Å²) in [7, 11) is -3.62. The SMILES string of the molecule is CCOC(=O)c1cc(C(=O)NCCS(=O)(=O)N2CC(C)OC(C)C2)cc([N+](=O)[O-])c1. The van der Waals surface area contributed by atoms with E-state index in [0.29, 0.717) is 0 Å². The second kappa shape index (κ2) is 9.96. The van der Waals surface area contributed by atoms with Gasteiger partial charge in [-0.05, 0) is 26.8 Å². The number of sulfonamides is 1. The Morgan fingerprint density at radius 2 is 1.83 bits per heavy atom. The lowest BCUT2D eigenvalue weighted by molar-refractivity contribution is -0.384. The van der Waals surface area contributed by atoms with Crippen molar-refractivity contribution in [1.29, 1.82) is 0 Å². The topological polar surface area (TPSA) is 145 Å². The van der Waals surface area contributed by atoms with Crippen LogP contribution >= 0.6 is 0 Å². The van der Waals surface area contributed by atoms with Crippen LogP contribution in [0.2, 0.25) is 0 Å². The van der Waals surface area contributed by atoms with E-state index in [-0.39, 0.29) is 55.3 Å². The normalized spacial score (nSPS) is 19.8. The molecule has 1 fully saturated rings. The van der Waals surface area contributed by atoms with Crippen LogP contribution in [-0.2, 0) is 19.5 Å². The van der Waals surface area contributed by atoms with Gasteiger partial charge in [-0.15, -0.1) is 0 Å². The molecule has 2 rings (SSSR count). The number of nitro benzene ring substituents is 1. The van der Waals surface area contributed by atoms with E-state index in [1.165, 1.54) is 10.4 Å². The van der Waals surface area contributed by atoms with Gasteiger partial charge in [-0.2, -0.15) is 4.31 Å². The van der Waals surface area contributed by atoms with Crippen LogP contribution in [-0.4, -0.2) is 73.7 Å². The quantitative estimate of drug-likeness (QED) is 0.355. The predicted octanol–water partition coefficient (Wildman–Crippen LogP) is 0.940. The summed E-state index contributed by atoms with van der Waals surface area (Å²) in [6, 6.07) is 3.19. The number of morpholine rings is 1. The molecule has 2 unspecified atom stereocenters. The van der Waals surface area contributed by atoms with E-state index in [1.54, 1.807) is 20.8 Å². The molecule has 1 amide bonds. The van der Waals surface area contributed by atoms with Gasteiger partial charge in [0.2, 0.25) is 10.0 Å². The number of rotatable bonds is 8. The summed E-state index contributed by atoms with van der Waals surface area (Å²) < 4.78 is 36.7. The number of nitrogens with zero attached hydrogens (tertiary/aromatic N) is 2. The molecule has 0 radical (unpaired) electrons. The molecule has 0 spiro atoms. The van der Waals surface area contributed by atoms with Crippen LogP contribution in [0.3, 0.4) is 0 Å². The molecule has 12 heteroatoms. The Labute approximate surface area is 174 Å². The summed E-state index contributed by atoms with van der Waals surface area (Å²) in [4.78, 5) is 34.7. The van der Waals surface area contributed by atoms with Gasteiger partial charge in [0.1, 0.15) is 0 Å². The molecular formula is C18H25N3O8S. The monoisotopic (exact) mass is 443 g/mol. The summed E-state index contributed by atoms with van der Waals surface area (Å²) in [6.45, 7) is 5.48. The summed E-state index contributed by atoms with van der Waals surface area (Å²) >= 11 is 0. The second-order valence-corrected chi connectivity index (χ2v) is 8.98. The molecule has 1 aromatic rings. The maximum absolute atomic E-state index is 12.5. The number of non-ortho nitro benzene ring substituents is 1. The number of hydrogen-bond donors (Lipinski definition) is 1. The van der Waals surface area contributed by atoms with Crippen molar-refractivity contribution in [2.45, 2.75) is 33.0 Å². The van der Waals surface area contributed by atoms with Gasteiger partial charge in [0, 0.05) is 37.3 Å². The maximum Gasteiger partial charge on any atom is 0.338 e. The standard InChI is InChI=1S/C18H25N3O8S/c1-4-28-18(23)15-7-14(8-16(9-15)21(24)25)17(22)19-5-6-30(26,27)20-10-12(2)29-13(3)11-20/h7-9,12-13H,4-6,10-11H2,1-3H3,(H,19,22). The molecule has 1 N–H and O–H groups in total. The Morgan fingerprint density at radius 1 is 1.23 bits per heavy atom. The number of nitrogens with one attached hydrogen (secondary N) is 1. The highest BCUT2D eigenvalue weighted by Gasteiger charge is 2.30. The van der Waals surface area contributed by atoms with E-state index < -0.39 is 32.5 Å². The molecule has 1 aromatic carbocycles. The molecule has 30 heavy (non-hydrogen) atoms. The number of esters is 1. The molecular weight excluding hydrogens is 418 g/mol. The molecule has 1 aliphatic rings. The summed E-state index contributed by atoms with van der Waals surface area (Å²) in [5, 5.41) is 13.5. The lowest BCUT2D eigenvalue weighted by Crippen LogP contribution is -2.49. The van der Waals surface area contributed by atoms with Crippen molar-refractivity contribution in [3.63, 3.8) is 0 Å². The van der Waals surface area contributed by atoms with Crippen LogP contribution in [0.4, 0.5) is 5.69 Å². The first-order valence-electron chi connectivity index (χ1n) is 9.41. The van der Waals surface area contributed by atoms with Gasteiger partial charge in [-0.1, -0.05) is 0 Å². The molecule has 0 bridgehead atoms. The van der Waals surface area contributed by atoms with Gasteiger partial charge in [0.05, 0.1) is 35.1 Å². The van der Waals surface area contributed by atoms with Crippen LogP contribution in [0.5, 0.6) is 0 Å². The summed E-state index contributed by atoms with van der Waals surface area (Å²) in [5.74, 6) is -1.87. The minimum Gasteiger partial charge on any atom is -0.462 e. The number of benzene rings is 1. The van der Waals surface area contributed by atoms with E-state index in [4.69, 9.17) is 9.47 Å². The Bertz CT molecular complexity index is 908. The molecule has 1 saturated heterocycles. The first-order chi connectivity index (χ1) is 14.0. The lowest BCUT2D eigenvalue weighted by Gasteiger charge is -2.34. The number of carbonyl (C=O) groups is 2. The van der Waals surface area contributed by atoms with Crippen LogP contribution in [0, 0.1) is 10.1 Å². The highest BCUT2D eigenvalue weighted by molar-refractivity contribution is 7.89. The van der Waals surface area contributed by atoms with Crippen molar-refractivity contribution < 1.29 is 32.4 Å². The van der Waals surface area contributed by atoms with Crippen LogP contribution in [0.25, 0.3) is 0 Å². The fourth-order valence-corrected chi connectivity index (χ4v) is 4.55. The molecule has 1 aliphatic heterocycles. The third kappa shape index (κ3) is 6.21. The molecule has 1 heterocycles. The van der Waals surface area contributed by atoms with Crippen molar-refractivity contribution in [3.8, 4) is 0 Å². The number of nitro groups is 1. The molecule has 0 aliphatic carbocycles. The Kier molecular flexibility index (Phi) is 7.87. The van der Waals surface area contributed by atoms with Crippen LogP contribution in [0.15, 0.2) is 18.2 Å². The average molecular weight is 443 g/mol. The van der Waals surface area contributed by atoms with E-state index >= 15 is 0 Å². The Morgan fingerprint density at radius 3 is 2.40 bits per heavy atom. The zero-order valence-electron chi connectivity index (χ0n) is 17.0. The zero-order chi connectivity index (χ0) is 22.5.